The van der Waals surface area contributed by atoms with Crippen LogP contribution in [0.5, 0.6) is 11.9 Å². The van der Waals surface area contributed by atoms with E-state index in [1.165, 1.54) is 6.42 Å². The molecule has 0 saturated heterocycles. The van der Waals surface area contributed by atoms with Crippen molar-refractivity contribution in [1.82, 2.24) is 25.1 Å². The first-order valence-corrected chi connectivity index (χ1v) is 10.9. The first kappa shape index (κ1) is 20.4. The first-order valence-electron chi connectivity index (χ1n) is 10.9. The zero-order valence-electron chi connectivity index (χ0n) is 17.9. The third-order valence-corrected chi connectivity index (χ3v) is 6.45. The van der Waals surface area contributed by atoms with Crippen molar-refractivity contribution < 1.29 is 19.4 Å². The number of nitrogens with one attached hydrogen (secondary N) is 1. The number of carbonyl (C=O) groups is 1. The molecule has 3 heterocycles. The van der Waals surface area contributed by atoms with Gasteiger partial charge in [-0.05, 0) is 50.7 Å². The summed E-state index contributed by atoms with van der Waals surface area (Å²) in [7, 11) is 0. The number of H-pyrrole nitrogens is 1. The number of pyridine rings is 2. The van der Waals surface area contributed by atoms with Crippen molar-refractivity contribution in [2.75, 3.05) is 6.61 Å². The van der Waals surface area contributed by atoms with Gasteiger partial charge in [0, 0.05) is 29.6 Å². The lowest BCUT2D eigenvalue weighted by Gasteiger charge is -2.36. The zero-order valence-corrected chi connectivity index (χ0v) is 17.9. The minimum atomic E-state index is -0.795. The molecule has 2 fully saturated rings. The number of aliphatic carboxylic acids is 1. The molecule has 0 aliphatic heterocycles. The van der Waals surface area contributed by atoms with Gasteiger partial charge in [0.1, 0.15) is 23.8 Å². The van der Waals surface area contributed by atoms with E-state index in [0.717, 1.165) is 36.0 Å². The topological polar surface area (TPSA) is 123 Å². The largest absolute Gasteiger partial charge is 0.481 e. The highest BCUT2D eigenvalue weighted by Gasteiger charge is 2.45. The molecular formula is C23H25N5O4. The van der Waals surface area contributed by atoms with Crippen molar-refractivity contribution >= 4 is 5.97 Å². The van der Waals surface area contributed by atoms with E-state index in [4.69, 9.17) is 9.47 Å². The Labute approximate surface area is 185 Å². The molecule has 2 aliphatic carbocycles. The van der Waals surface area contributed by atoms with Crippen LogP contribution in [0.1, 0.15) is 44.1 Å². The van der Waals surface area contributed by atoms with Crippen LogP contribution in [0.2, 0.25) is 0 Å². The summed E-state index contributed by atoms with van der Waals surface area (Å²) in [6.07, 6.45) is 9.23. The lowest BCUT2D eigenvalue weighted by atomic mass is 9.69. The monoisotopic (exact) mass is 435 g/mol. The van der Waals surface area contributed by atoms with Crippen LogP contribution in [0.4, 0.5) is 0 Å². The van der Waals surface area contributed by atoms with E-state index in [0.29, 0.717) is 36.3 Å². The van der Waals surface area contributed by atoms with Crippen molar-refractivity contribution in [3.8, 4) is 34.5 Å². The minimum absolute atomic E-state index is 0.147. The van der Waals surface area contributed by atoms with E-state index in [-0.39, 0.29) is 12.7 Å². The number of nitrogens with zero attached hydrogens (tertiary/aromatic N) is 4. The van der Waals surface area contributed by atoms with Gasteiger partial charge in [0.2, 0.25) is 5.88 Å². The van der Waals surface area contributed by atoms with Crippen molar-refractivity contribution in [2.45, 2.75) is 51.6 Å². The third-order valence-electron chi connectivity index (χ3n) is 6.45. The highest BCUT2D eigenvalue weighted by Crippen LogP contribution is 2.41. The van der Waals surface area contributed by atoms with Crippen molar-refractivity contribution in [2.24, 2.45) is 5.41 Å². The molecule has 0 amide bonds. The Morgan fingerprint density at radius 3 is 2.66 bits per heavy atom. The predicted octanol–water partition coefficient (Wildman–Crippen LogP) is 3.80. The Bertz CT molecular complexity index is 1120. The van der Waals surface area contributed by atoms with Crippen LogP contribution in [-0.4, -0.2) is 48.9 Å². The SMILES string of the molecule is Cc1cc(OCC2(C(=O)O)CCC2)ncc1-c1ccc(-c2nc(OC3CCC3)n[nH]2)nc1. The van der Waals surface area contributed by atoms with Gasteiger partial charge >= 0.3 is 12.0 Å². The summed E-state index contributed by atoms with van der Waals surface area (Å²) in [4.78, 5) is 24.8. The number of ether oxygens (including phenoxy) is 2. The van der Waals surface area contributed by atoms with Crippen molar-refractivity contribution in [1.29, 1.82) is 0 Å². The van der Waals surface area contributed by atoms with Crippen LogP contribution < -0.4 is 9.47 Å². The Morgan fingerprint density at radius 2 is 2.06 bits per heavy atom. The molecule has 2 aliphatic rings. The molecule has 5 rings (SSSR count). The van der Waals surface area contributed by atoms with E-state index >= 15 is 0 Å². The quantitative estimate of drug-likeness (QED) is 0.548. The van der Waals surface area contributed by atoms with Crippen LogP contribution in [0.25, 0.3) is 22.6 Å². The zero-order chi connectivity index (χ0) is 22.1. The second-order valence-corrected chi connectivity index (χ2v) is 8.63. The summed E-state index contributed by atoms with van der Waals surface area (Å²) in [5.41, 5.74) is 2.72. The Kier molecular flexibility index (Phi) is 5.24. The summed E-state index contributed by atoms with van der Waals surface area (Å²) >= 11 is 0. The molecule has 3 aromatic rings. The van der Waals surface area contributed by atoms with E-state index in [1.807, 2.05) is 25.1 Å². The number of hydrogen-bond acceptors (Lipinski definition) is 7. The summed E-state index contributed by atoms with van der Waals surface area (Å²) in [6.45, 7) is 2.11. The summed E-state index contributed by atoms with van der Waals surface area (Å²) in [5.74, 6) is 0.202. The van der Waals surface area contributed by atoms with Gasteiger partial charge in [-0.2, -0.15) is 4.98 Å². The van der Waals surface area contributed by atoms with Gasteiger partial charge in [0.15, 0.2) is 5.82 Å². The Morgan fingerprint density at radius 1 is 1.22 bits per heavy atom. The summed E-state index contributed by atoms with van der Waals surface area (Å²) < 4.78 is 11.4. The standard InChI is InChI=1S/C23H25N5O4/c1-14-10-19(31-13-23(21(29)30)8-3-9-23)25-12-17(14)15-6-7-18(24-11-15)20-26-22(28-27-20)32-16-4-2-5-16/h6-7,10-12,16H,2-5,8-9,13H2,1H3,(H,29,30)(H,26,27,28). The van der Waals surface area contributed by atoms with E-state index in [2.05, 4.69) is 25.1 Å². The molecular weight excluding hydrogens is 410 g/mol. The van der Waals surface area contributed by atoms with Gasteiger partial charge < -0.3 is 14.6 Å². The number of carboxylic acids is 1. The van der Waals surface area contributed by atoms with Crippen LogP contribution in [0.3, 0.4) is 0 Å². The van der Waals surface area contributed by atoms with Gasteiger partial charge in [-0.3, -0.25) is 14.9 Å². The number of aromatic amines is 1. The van der Waals surface area contributed by atoms with Gasteiger partial charge in [-0.25, -0.2) is 4.98 Å². The molecule has 0 radical (unpaired) electrons. The van der Waals surface area contributed by atoms with E-state index in [9.17, 15) is 9.90 Å². The van der Waals surface area contributed by atoms with Gasteiger partial charge in [-0.1, -0.05) is 12.5 Å². The molecule has 9 nitrogen and oxygen atoms in total. The van der Waals surface area contributed by atoms with Crippen LogP contribution >= 0.6 is 0 Å². The van der Waals surface area contributed by atoms with Gasteiger partial charge in [-0.15, -0.1) is 5.10 Å². The molecule has 32 heavy (non-hydrogen) atoms. The molecule has 9 heteroatoms. The molecule has 0 aromatic carbocycles. The predicted molar refractivity (Wildman–Crippen MR) is 115 cm³/mol. The van der Waals surface area contributed by atoms with Gasteiger partial charge in [0.05, 0.1) is 0 Å². The highest BCUT2D eigenvalue weighted by molar-refractivity contribution is 5.76. The fraction of sp³-hybridized carbons (Fsp3) is 0.435. The molecule has 2 saturated carbocycles. The molecule has 3 aromatic heterocycles. The number of aromatic nitrogens is 5. The number of hydrogen-bond donors (Lipinski definition) is 2. The van der Waals surface area contributed by atoms with Crippen LogP contribution in [0, 0.1) is 12.3 Å². The van der Waals surface area contributed by atoms with Crippen molar-refractivity contribution in [3.05, 3.63) is 36.2 Å². The fourth-order valence-electron chi connectivity index (χ4n) is 3.89. The molecule has 0 atom stereocenters. The number of carboxylic acid groups (broad SMARTS) is 1. The van der Waals surface area contributed by atoms with E-state index in [1.54, 1.807) is 12.4 Å². The summed E-state index contributed by atoms with van der Waals surface area (Å²) in [5, 5.41) is 16.4. The molecule has 2 N–H and O–H groups in total. The lowest BCUT2D eigenvalue weighted by molar-refractivity contribution is -0.157. The third kappa shape index (κ3) is 3.90. The second kappa shape index (κ2) is 8.22. The molecule has 0 spiro atoms. The van der Waals surface area contributed by atoms with Crippen LogP contribution in [0.15, 0.2) is 30.6 Å². The molecule has 0 unspecified atom stereocenters. The smallest absolute Gasteiger partial charge is 0.336 e. The molecule has 0 bridgehead atoms. The van der Waals surface area contributed by atoms with Gasteiger partial charge in [0.25, 0.3) is 0 Å². The van der Waals surface area contributed by atoms with Crippen molar-refractivity contribution in [3.63, 3.8) is 0 Å². The van der Waals surface area contributed by atoms with Crippen LogP contribution in [-0.2, 0) is 4.79 Å². The highest BCUT2D eigenvalue weighted by atomic mass is 16.5. The maximum absolute atomic E-state index is 11.5. The number of aryl methyl sites for hydroxylation is 1. The maximum Gasteiger partial charge on any atom is 0.336 e. The summed E-state index contributed by atoms with van der Waals surface area (Å²) in [6, 6.07) is 6.02. The number of rotatable bonds is 8. The Hall–Kier alpha value is -3.49. The lowest BCUT2D eigenvalue weighted by Crippen LogP contribution is -2.43. The minimum Gasteiger partial charge on any atom is -0.481 e. The fourth-order valence-corrected chi connectivity index (χ4v) is 3.89. The van der Waals surface area contributed by atoms with E-state index < -0.39 is 11.4 Å². The average Bonchev–Trinajstić information content (AvgIpc) is 3.19. The maximum atomic E-state index is 11.5. The first-order chi connectivity index (χ1) is 15.5. The Balaban J connectivity index is 1.26. The second-order valence-electron chi connectivity index (χ2n) is 8.63. The molecule has 166 valence electrons. The normalized spacial score (nSPS) is 17.3. The average molecular weight is 435 g/mol.